The first-order valence-corrected chi connectivity index (χ1v) is 8.32. The summed E-state index contributed by atoms with van der Waals surface area (Å²) < 4.78 is 11.4. The van der Waals surface area contributed by atoms with Gasteiger partial charge in [0.1, 0.15) is 11.5 Å². The molecule has 3 heterocycles. The molecule has 3 aromatic rings. The molecule has 0 saturated carbocycles. The third kappa shape index (κ3) is 3.37. The molecular weight excluding hydrogens is 334 g/mol. The van der Waals surface area contributed by atoms with Gasteiger partial charge in [-0.15, -0.1) is 0 Å². The van der Waals surface area contributed by atoms with Crippen molar-refractivity contribution in [2.75, 3.05) is 6.54 Å². The maximum Gasteiger partial charge on any atom is 0.255 e. The number of hydrogen-bond acceptors (Lipinski definition) is 5. The maximum atomic E-state index is 12.6. The van der Waals surface area contributed by atoms with Gasteiger partial charge in [-0.05, 0) is 18.2 Å². The van der Waals surface area contributed by atoms with E-state index in [-0.39, 0.29) is 18.1 Å². The molecule has 0 aliphatic carbocycles. The maximum absolute atomic E-state index is 12.6. The molecule has 0 spiro atoms. The van der Waals surface area contributed by atoms with Gasteiger partial charge in [0, 0.05) is 25.2 Å². The molecule has 0 fully saturated rings. The van der Waals surface area contributed by atoms with Gasteiger partial charge >= 0.3 is 0 Å². The number of amides is 1. The van der Waals surface area contributed by atoms with Crippen molar-refractivity contribution in [1.82, 2.24) is 14.9 Å². The molecule has 7 nitrogen and oxygen atoms in total. The Morgan fingerprint density at radius 1 is 1.23 bits per heavy atom. The average molecular weight is 351 g/mol. The van der Waals surface area contributed by atoms with Gasteiger partial charge in [-0.2, -0.15) is 0 Å². The fourth-order valence-corrected chi connectivity index (χ4v) is 2.87. The predicted octanol–water partition coefficient (Wildman–Crippen LogP) is 2.14. The summed E-state index contributed by atoms with van der Waals surface area (Å²) in [5.74, 6) is 1.78. The molecule has 0 atom stereocenters. The van der Waals surface area contributed by atoms with Crippen LogP contribution in [0.4, 0.5) is 0 Å². The number of hydrogen-bond donors (Lipinski definition) is 1. The van der Waals surface area contributed by atoms with E-state index in [1.807, 2.05) is 30.3 Å². The third-order valence-corrected chi connectivity index (χ3v) is 4.20. The van der Waals surface area contributed by atoms with Gasteiger partial charge in [0.2, 0.25) is 11.4 Å². The van der Waals surface area contributed by atoms with Crippen molar-refractivity contribution in [1.29, 1.82) is 0 Å². The van der Waals surface area contributed by atoms with Crippen molar-refractivity contribution < 1.29 is 13.9 Å². The number of pyridine rings is 1. The van der Waals surface area contributed by atoms with Crippen molar-refractivity contribution >= 4 is 5.91 Å². The SMILES string of the molecule is O=C(c1ccc(=O)[nH]c1)N1CCc2nc(COc3ccccc3)oc2C1. The van der Waals surface area contributed by atoms with Crippen molar-refractivity contribution in [3.8, 4) is 5.75 Å². The van der Waals surface area contributed by atoms with Crippen LogP contribution in [0.25, 0.3) is 0 Å². The zero-order valence-electron chi connectivity index (χ0n) is 14.0. The van der Waals surface area contributed by atoms with Crippen LogP contribution in [0, 0.1) is 0 Å². The zero-order valence-corrected chi connectivity index (χ0v) is 14.0. The van der Waals surface area contributed by atoms with E-state index in [2.05, 4.69) is 9.97 Å². The molecule has 4 rings (SSSR count). The van der Waals surface area contributed by atoms with E-state index in [0.29, 0.717) is 36.7 Å². The van der Waals surface area contributed by atoms with Crippen molar-refractivity contribution in [2.24, 2.45) is 0 Å². The smallest absolute Gasteiger partial charge is 0.255 e. The fourth-order valence-electron chi connectivity index (χ4n) is 2.87. The van der Waals surface area contributed by atoms with Crippen LogP contribution in [0.3, 0.4) is 0 Å². The standard InChI is InChI=1S/C19H17N3O4/c23-17-7-6-13(10-20-17)19(24)22-9-8-15-16(11-22)26-18(21-15)12-25-14-4-2-1-3-5-14/h1-7,10H,8-9,11-12H2,(H,20,23). The van der Waals surface area contributed by atoms with Gasteiger partial charge < -0.3 is 19.0 Å². The summed E-state index contributed by atoms with van der Waals surface area (Å²) in [7, 11) is 0. The Morgan fingerprint density at radius 3 is 2.85 bits per heavy atom. The lowest BCUT2D eigenvalue weighted by atomic mass is 10.1. The number of oxazole rings is 1. The van der Waals surface area contributed by atoms with Crippen molar-refractivity contribution in [3.05, 3.63) is 81.9 Å². The molecule has 0 bridgehead atoms. The van der Waals surface area contributed by atoms with Gasteiger partial charge in [0.15, 0.2) is 6.61 Å². The Morgan fingerprint density at radius 2 is 2.08 bits per heavy atom. The van der Waals surface area contributed by atoms with Crippen LogP contribution in [0.2, 0.25) is 0 Å². The van der Waals surface area contributed by atoms with Crippen molar-refractivity contribution in [3.63, 3.8) is 0 Å². The molecule has 1 aliphatic rings. The Labute approximate surface area is 149 Å². The number of ether oxygens (including phenoxy) is 1. The molecule has 2 aromatic heterocycles. The molecule has 1 amide bonds. The Balaban J connectivity index is 1.43. The lowest BCUT2D eigenvalue weighted by Gasteiger charge is -2.25. The molecule has 0 radical (unpaired) electrons. The minimum absolute atomic E-state index is 0.148. The van der Waals surface area contributed by atoms with Crippen LogP contribution in [0.15, 0.2) is 57.9 Å². The molecule has 0 saturated heterocycles. The summed E-state index contributed by atoms with van der Waals surface area (Å²) in [4.78, 5) is 32.4. The number of benzene rings is 1. The monoisotopic (exact) mass is 351 g/mol. The van der Waals surface area contributed by atoms with E-state index in [1.165, 1.54) is 18.3 Å². The van der Waals surface area contributed by atoms with Gasteiger partial charge in [0.05, 0.1) is 17.8 Å². The molecule has 7 heteroatoms. The van der Waals surface area contributed by atoms with E-state index in [4.69, 9.17) is 9.15 Å². The highest BCUT2D eigenvalue weighted by molar-refractivity contribution is 5.93. The summed E-state index contributed by atoms with van der Waals surface area (Å²) >= 11 is 0. The first-order chi connectivity index (χ1) is 12.7. The Hall–Kier alpha value is -3.35. The Kier molecular flexibility index (Phi) is 4.27. The number of nitrogens with zero attached hydrogens (tertiary/aromatic N) is 2. The van der Waals surface area contributed by atoms with Crippen LogP contribution in [0.1, 0.15) is 27.7 Å². The number of aromatic amines is 1. The number of rotatable bonds is 4. The van der Waals surface area contributed by atoms with Gasteiger partial charge in [-0.3, -0.25) is 9.59 Å². The van der Waals surface area contributed by atoms with E-state index in [9.17, 15) is 9.59 Å². The number of fused-ring (bicyclic) bond motifs is 1. The second-order valence-electron chi connectivity index (χ2n) is 6.00. The summed E-state index contributed by atoms with van der Waals surface area (Å²) in [5, 5.41) is 0. The van der Waals surface area contributed by atoms with E-state index >= 15 is 0 Å². The highest BCUT2D eigenvalue weighted by atomic mass is 16.5. The molecule has 26 heavy (non-hydrogen) atoms. The first-order valence-electron chi connectivity index (χ1n) is 8.32. The molecule has 1 N–H and O–H groups in total. The summed E-state index contributed by atoms with van der Waals surface area (Å²) in [6, 6.07) is 12.3. The number of nitrogens with one attached hydrogen (secondary N) is 1. The number of aromatic nitrogens is 2. The van der Waals surface area contributed by atoms with Gasteiger partial charge in [-0.25, -0.2) is 4.98 Å². The summed E-state index contributed by atoms with van der Waals surface area (Å²) in [5.41, 5.74) is 1.07. The van der Waals surface area contributed by atoms with E-state index in [1.54, 1.807) is 4.90 Å². The zero-order chi connectivity index (χ0) is 17.9. The highest BCUT2D eigenvalue weighted by Gasteiger charge is 2.26. The number of para-hydroxylation sites is 1. The topological polar surface area (TPSA) is 88.4 Å². The lowest BCUT2D eigenvalue weighted by Crippen LogP contribution is -2.35. The highest BCUT2D eigenvalue weighted by Crippen LogP contribution is 2.22. The molecule has 0 unspecified atom stereocenters. The van der Waals surface area contributed by atoms with Crippen LogP contribution < -0.4 is 10.3 Å². The largest absolute Gasteiger partial charge is 0.484 e. The first kappa shape index (κ1) is 16.1. The fraction of sp³-hybridized carbons (Fsp3) is 0.211. The van der Waals surface area contributed by atoms with Crippen molar-refractivity contribution in [2.45, 2.75) is 19.6 Å². The minimum Gasteiger partial charge on any atom is -0.484 e. The van der Waals surface area contributed by atoms with Crippen LogP contribution in [-0.4, -0.2) is 27.3 Å². The van der Waals surface area contributed by atoms with E-state index < -0.39 is 0 Å². The number of carbonyl (C=O) groups excluding carboxylic acids is 1. The quantitative estimate of drug-likeness (QED) is 0.778. The van der Waals surface area contributed by atoms with Crippen LogP contribution in [-0.2, 0) is 19.6 Å². The molecule has 132 valence electrons. The van der Waals surface area contributed by atoms with E-state index in [0.717, 1.165) is 11.4 Å². The number of H-pyrrole nitrogens is 1. The average Bonchev–Trinajstić information content (AvgIpc) is 3.09. The van der Waals surface area contributed by atoms with Gasteiger partial charge in [0.25, 0.3) is 5.91 Å². The molecule has 1 aromatic carbocycles. The molecular formula is C19H17N3O4. The second kappa shape index (κ2) is 6.87. The lowest BCUT2D eigenvalue weighted by molar-refractivity contribution is 0.0717. The Bertz CT molecular complexity index is 957. The third-order valence-electron chi connectivity index (χ3n) is 4.20. The molecule has 1 aliphatic heterocycles. The minimum atomic E-state index is -0.235. The number of carbonyl (C=O) groups is 1. The van der Waals surface area contributed by atoms with Crippen LogP contribution >= 0.6 is 0 Å². The summed E-state index contributed by atoms with van der Waals surface area (Å²) in [6.45, 7) is 1.15. The summed E-state index contributed by atoms with van der Waals surface area (Å²) in [6.07, 6.45) is 2.05. The predicted molar refractivity (Wildman–Crippen MR) is 92.8 cm³/mol. The normalized spacial score (nSPS) is 13.3. The van der Waals surface area contributed by atoms with Gasteiger partial charge in [-0.1, -0.05) is 18.2 Å². The second-order valence-corrected chi connectivity index (χ2v) is 6.00. The van der Waals surface area contributed by atoms with Crippen LogP contribution in [0.5, 0.6) is 5.75 Å².